The standard InChI is InChI=1S/C21H24N3O2.BrH/c1-15(2)24(17-10-6-5-7-11-17)20(25)14-23-16(3)22(4)21(26)18-12-8-9-13-19(18)23;/h5-13,15H,14H2,1-4H3;1H/q+1;/p-1. The molecule has 0 aliphatic rings. The van der Waals surface area contributed by atoms with Crippen molar-refractivity contribution in [2.45, 2.75) is 33.4 Å². The van der Waals surface area contributed by atoms with Crippen molar-refractivity contribution in [2.75, 3.05) is 4.90 Å². The molecule has 0 aliphatic heterocycles. The number of hydrogen-bond donors (Lipinski definition) is 0. The van der Waals surface area contributed by atoms with E-state index in [0.29, 0.717) is 5.39 Å². The van der Waals surface area contributed by atoms with Gasteiger partial charge in [0.15, 0.2) is 6.54 Å². The average molecular weight is 430 g/mol. The van der Waals surface area contributed by atoms with Gasteiger partial charge < -0.3 is 21.9 Å². The van der Waals surface area contributed by atoms with E-state index in [2.05, 4.69) is 0 Å². The summed E-state index contributed by atoms with van der Waals surface area (Å²) in [5, 5.41) is 0.615. The number of aromatic nitrogens is 2. The molecule has 3 rings (SSSR count). The van der Waals surface area contributed by atoms with Crippen LogP contribution in [0.1, 0.15) is 19.7 Å². The Hall–Kier alpha value is -2.47. The van der Waals surface area contributed by atoms with Gasteiger partial charge in [0.25, 0.3) is 11.7 Å². The first-order chi connectivity index (χ1) is 12.4. The van der Waals surface area contributed by atoms with Gasteiger partial charge in [0.2, 0.25) is 0 Å². The Balaban J connectivity index is 0.00000261. The fourth-order valence-electron chi connectivity index (χ4n) is 3.30. The molecule has 27 heavy (non-hydrogen) atoms. The molecule has 142 valence electrons. The molecule has 2 aromatic carbocycles. The summed E-state index contributed by atoms with van der Waals surface area (Å²) < 4.78 is 3.51. The lowest BCUT2D eigenvalue weighted by Crippen LogP contribution is -3.00. The van der Waals surface area contributed by atoms with Crippen molar-refractivity contribution in [3.05, 3.63) is 70.8 Å². The summed E-state index contributed by atoms with van der Waals surface area (Å²) in [5.74, 6) is 0.738. The van der Waals surface area contributed by atoms with Crippen LogP contribution in [-0.4, -0.2) is 16.5 Å². The van der Waals surface area contributed by atoms with Crippen molar-refractivity contribution in [2.24, 2.45) is 7.05 Å². The van der Waals surface area contributed by atoms with Crippen molar-refractivity contribution in [1.29, 1.82) is 0 Å². The van der Waals surface area contributed by atoms with Crippen LogP contribution in [0.5, 0.6) is 0 Å². The number of halogens is 1. The van der Waals surface area contributed by atoms with Crippen molar-refractivity contribution in [1.82, 2.24) is 4.57 Å². The molecular weight excluding hydrogens is 406 g/mol. The Labute approximate surface area is 169 Å². The number of rotatable bonds is 4. The molecule has 0 fully saturated rings. The van der Waals surface area contributed by atoms with Crippen molar-refractivity contribution in [3.8, 4) is 0 Å². The number of fused-ring (bicyclic) bond motifs is 1. The zero-order chi connectivity index (χ0) is 18.8. The second kappa shape index (κ2) is 8.48. The highest BCUT2D eigenvalue weighted by atomic mass is 79.9. The molecule has 3 aromatic rings. The molecule has 0 N–H and O–H groups in total. The topological polar surface area (TPSA) is 46.2 Å². The van der Waals surface area contributed by atoms with Gasteiger partial charge in [-0.15, -0.1) is 0 Å². The number of para-hydroxylation sites is 2. The van der Waals surface area contributed by atoms with E-state index in [1.54, 1.807) is 22.6 Å². The van der Waals surface area contributed by atoms with Crippen LogP contribution in [-0.2, 0) is 18.4 Å². The molecule has 6 heteroatoms. The van der Waals surface area contributed by atoms with Gasteiger partial charge in [-0.05, 0) is 38.1 Å². The third-order valence-electron chi connectivity index (χ3n) is 4.72. The van der Waals surface area contributed by atoms with E-state index in [4.69, 9.17) is 0 Å². The molecule has 1 aromatic heterocycles. The van der Waals surface area contributed by atoms with Crippen LogP contribution in [0.3, 0.4) is 0 Å². The summed E-state index contributed by atoms with van der Waals surface area (Å²) in [5.41, 5.74) is 1.60. The van der Waals surface area contributed by atoms with Gasteiger partial charge in [-0.1, -0.05) is 30.3 Å². The molecule has 1 heterocycles. The zero-order valence-corrected chi connectivity index (χ0v) is 17.6. The van der Waals surface area contributed by atoms with Crippen LogP contribution in [0.25, 0.3) is 10.9 Å². The molecule has 0 radical (unpaired) electrons. The fraction of sp³-hybridized carbons (Fsp3) is 0.286. The molecule has 0 atom stereocenters. The Morgan fingerprint density at radius 2 is 1.67 bits per heavy atom. The van der Waals surface area contributed by atoms with E-state index in [-0.39, 0.29) is 41.0 Å². The smallest absolute Gasteiger partial charge is 0.345 e. The van der Waals surface area contributed by atoms with E-state index in [1.165, 1.54) is 0 Å². The van der Waals surface area contributed by atoms with E-state index in [9.17, 15) is 9.59 Å². The van der Waals surface area contributed by atoms with Crippen LogP contribution in [0.15, 0.2) is 59.4 Å². The summed E-state index contributed by atoms with van der Waals surface area (Å²) in [4.78, 5) is 27.5. The van der Waals surface area contributed by atoms with Crippen molar-refractivity contribution in [3.63, 3.8) is 0 Å². The van der Waals surface area contributed by atoms with E-state index >= 15 is 0 Å². The predicted octanol–water partition coefficient (Wildman–Crippen LogP) is -0.420. The SMILES string of the molecule is Cc1n(C)c(=O)c2ccccc2[n+]1CC(=O)N(c1ccccc1)C(C)C.[Br-]. The maximum atomic E-state index is 13.2. The van der Waals surface area contributed by atoms with E-state index < -0.39 is 0 Å². The second-order valence-electron chi connectivity index (χ2n) is 6.71. The van der Waals surface area contributed by atoms with Crippen LogP contribution < -0.4 is 32.0 Å². The monoisotopic (exact) mass is 429 g/mol. The zero-order valence-electron chi connectivity index (χ0n) is 16.0. The molecule has 0 aliphatic carbocycles. The largest absolute Gasteiger partial charge is 1.00 e. The summed E-state index contributed by atoms with van der Waals surface area (Å²) >= 11 is 0. The molecular formula is C21H24BrN3O2. The minimum atomic E-state index is -0.0504. The van der Waals surface area contributed by atoms with Gasteiger partial charge in [-0.25, -0.2) is 9.36 Å². The molecule has 5 nitrogen and oxygen atoms in total. The molecule has 0 saturated heterocycles. The minimum Gasteiger partial charge on any atom is -1.00 e. The maximum Gasteiger partial charge on any atom is 0.345 e. The summed E-state index contributed by atoms with van der Waals surface area (Å²) in [6.45, 7) is 6.04. The highest BCUT2D eigenvalue weighted by molar-refractivity contribution is 5.93. The molecule has 0 bridgehead atoms. The molecule has 0 spiro atoms. The lowest BCUT2D eigenvalue weighted by molar-refractivity contribution is -0.669. The predicted molar refractivity (Wildman–Crippen MR) is 103 cm³/mol. The first-order valence-corrected chi connectivity index (χ1v) is 8.77. The van der Waals surface area contributed by atoms with Gasteiger partial charge in [0.1, 0.15) is 10.9 Å². The lowest BCUT2D eigenvalue weighted by atomic mass is 10.2. The summed E-state index contributed by atoms with van der Waals surface area (Å²) in [6, 6.07) is 17.1. The number of amides is 1. The third kappa shape index (κ3) is 3.95. The van der Waals surface area contributed by atoms with Gasteiger partial charge in [-0.2, -0.15) is 4.57 Å². The molecule has 1 amide bonds. The Morgan fingerprint density at radius 3 is 2.30 bits per heavy atom. The number of benzene rings is 2. The second-order valence-corrected chi connectivity index (χ2v) is 6.71. The highest BCUT2D eigenvalue weighted by Crippen LogP contribution is 2.17. The van der Waals surface area contributed by atoms with E-state index in [1.807, 2.05) is 73.9 Å². The summed E-state index contributed by atoms with van der Waals surface area (Å²) in [7, 11) is 1.74. The van der Waals surface area contributed by atoms with Crippen LogP contribution >= 0.6 is 0 Å². The number of carbonyl (C=O) groups is 1. The lowest BCUT2D eigenvalue weighted by Gasteiger charge is -2.26. The van der Waals surface area contributed by atoms with Gasteiger partial charge in [-0.3, -0.25) is 4.79 Å². The first-order valence-electron chi connectivity index (χ1n) is 8.77. The first kappa shape index (κ1) is 20.8. The normalized spacial score (nSPS) is 10.7. The quantitative estimate of drug-likeness (QED) is 0.528. The van der Waals surface area contributed by atoms with Crippen LogP contribution in [0.2, 0.25) is 0 Å². The van der Waals surface area contributed by atoms with Crippen molar-refractivity contribution >= 4 is 22.5 Å². The Bertz CT molecular complexity index is 1010. The summed E-state index contributed by atoms with van der Waals surface area (Å²) in [6.07, 6.45) is 0. The van der Waals surface area contributed by atoms with Crippen molar-refractivity contribution < 1.29 is 26.3 Å². The van der Waals surface area contributed by atoms with Gasteiger partial charge in [0.05, 0.1) is 7.05 Å². The number of anilines is 1. The van der Waals surface area contributed by atoms with E-state index in [0.717, 1.165) is 17.0 Å². The minimum absolute atomic E-state index is 0. The fourth-order valence-corrected chi connectivity index (χ4v) is 3.30. The highest BCUT2D eigenvalue weighted by Gasteiger charge is 2.25. The maximum absolute atomic E-state index is 13.2. The van der Waals surface area contributed by atoms with Crippen LogP contribution in [0, 0.1) is 6.92 Å². The average Bonchev–Trinajstić information content (AvgIpc) is 2.64. The third-order valence-corrected chi connectivity index (χ3v) is 4.72. The molecule has 0 unspecified atom stereocenters. The number of nitrogens with zero attached hydrogens (tertiary/aromatic N) is 3. The molecule has 0 saturated carbocycles. The Kier molecular flexibility index (Phi) is 6.54. The van der Waals surface area contributed by atoms with Gasteiger partial charge >= 0.3 is 5.56 Å². The Morgan fingerprint density at radius 1 is 1.07 bits per heavy atom. The van der Waals surface area contributed by atoms with Crippen LogP contribution in [0.4, 0.5) is 5.69 Å². The van der Waals surface area contributed by atoms with Gasteiger partial charge in [0, 0.05) is 18.7 Å². The number of hydrogen-bond acceptors (Lipinski definition) is 2. The number of carbonyl (C=O) groups excluding carboxylic acids is 1.